The molecule has 0 spiro atoms. The van der Waals surface area contributed by atoms with Crippen LogP contribution in [0.1, 0.15) is 12.8 Å². The second-order valence-corrected chi connectivity index (χ2v) is 6.01. The highest BCUT2D eigenvalue weighted by molar-refractivity contribution is 7.92. The van der Waals surface area contributed by atoms with Crippen molar-refractivity contribution in [2.45, 2.75) is 18.2 Å². The third kappa shape index (κ3) is 2.23. The van der Waals surface area contributed by atoms with Crippen molar-refractivity contribution in [1.82, 2.24) is 5.09 Å². The predicted molar refractivity (Wildman–Crippen MR) is 44.6 cm³/mol. The minimum absolute atomic E-state index is 0.178. The molecule has 70 valence electrons. The first-order valence-electron chi connectivity index (χ1n) is 3.55. The van der Waals surface area contributed by atoms with Crippen molar-refractivity contribution in [1.29, 1.82) is 0 Å². The SMILES string of the molecule is CO[P+](=O)NC1CCCS1(=O)=O. The van der Waals surface area contributed by atoms with Crippen molar-refractivity contribution in [3.05, 3.63) is 0 Å². The molecule has 1 saturated heterocycles. The smallest absolute Gasteiger partial charge is 0.227 e. The zero-order chi connectivity index (χ0) is 9.19. The average Bonchev–Trinajstić information content (AvgIpc) is 2.31. The molecule has 1 aliphatic rings. The van der Waals surface area contributed by atoms with Crippen molar-refractivity contribution in [3.8, 4) is 0 Å². The van der Waals surface area contributed by atoms with Crippen LogP contribution in [0.2, 0.25) is 0 Å². The second kappa shape index (κ2) is 3.79. The summed E-state index contributed by atoms with van der Waals surface area (Å²) in [6.07, 6.45) is 1.15. The predicted octanol–water partition coefficient (Wildman–Crippen LogP) is 0.414. The third-order valence-corrected chi connectivity index (χ3v) is 4.85. The maximum absolute atomic E-state index is 11.2. The normalized spacial score (nSPS) is 28.8. The molecule has 1 N–H and O–H groups in total. The van der Waals surface area contributed by atoms with Crippen molar-refractivity contribution >= 4 is 18.0 Å². The van der Waals surface area contributed by atoms with Crippen LogP contribution in [-0.4, -0.2) is 26.7 Å². The van der Waals surface area contributed by atoms with Gasteiger partial charge in [-0.05, 0) is 17.4 Å². The van der Waals surface area contributed by atoms with E-state index in [1.807, 2.05) is 0 Å². The summed E-state index contributed by atoms with van der Waals surface area (Å²) in [6, 6.07) is 0. The molecule has 0 saturated carbocycles. The molecule has 0 aromatic rings. The Labute approximate surface area is 72.3 Å². The van der Waals surface area contributed by atoms with Gasteiger partial charge in [0.2, 0.25) is 0 Å². The Morgan fingerprint density at radius 3 is 2.67 bits per heavy atom. The molecule has 0 aliphatic carbocycles. The van der Waals surface area contributed by atoms with Gasteiger partial charge in [0.15, 0.2) is 15.2 Å². The molecule has 12 heavy (non-hydrogen) atoms. The summed E-state index contributed by atoms with van der Waals surface area (Å²) in [5.41, 5.74) is 0. The Bertz CT molecular complexity index is 275. The fraction of sp³-hybridized carbons (Fsp3) is 1.00. The highest BCUT2D eigenvalue weighted by Crippen LogP contribution is 2.24. The van der Waals surface area contributed by atoms with Gasteiger partial charge in [0.05, 0.1) is 12.9 Å². The molecule has 1 rings (SSSR count). The van der Waals surface area contributed by atoms with Gasteiger partial charge in [0.1, 0.15) is 0 Å². The largest absolute Gasteiger partial charge is 0.613 e. The lowest BCUT2D eigenvalue weighted by Crippen LogP contribution is -2.28. The van der Waals surface area contributed by atoms with E-state index in [1.165, 1.54) is 7.11 Å². The van der Waals surface area contributed by atoms with Crippen LogP contribution in [0.25, 0.3) is 0 Å². The highest BCUT2D eigenvalue weighted by Gasteiger charge is 2.37. The average molecular weight is 212 g/mol. The van der Waals surface area contributed by atoms with Gasteiger partial charge in [-0.2, -0.15) is 0 Å². The molecule has 0 aromatic carbocycles. The van der Waals surface area contributed by atoms with E-state index in [0.29, 0.717) is 12.8 Å². The minimum atomic E-state index is -3.07. The Balaban J connectivity index is 2.59. The fourth-order valence-electron chi connectivity index (χ4n) is 1.11. The lowest BCUT2D eigenvalue weighted by atomic mass is 10.3. The molecule has 0 radical (unpaired) electrons. The van der Waals surface area contributed by atoms with Crippen LogP contribution in [0.15, 0.2) is 0 Å². The number of rotatable bonds is 3. The Morgan fingerprint density at radius 1 is 1.58 bits per heavy atom. The maximum atomic E-state index is 11.2. The monoisotopic (exact) mass is 212 g/mol. The molecule has 0 bridgehead atoms. The zero-order valence-corrected chi connectivity index (χ0v) is 8.40. The summed E-state index contributed by atoms with van der Waals surface area (Å²) in [6.45, 7) is 0. The first-order chi connectivity index (χ1) is 5.56. The maximum Gasteiger partial charge on any atom is 0.613 e. The van der Waals surface area contributed by atoms with Gasteiger partial charge in [-0.15, -0.1) is 4.52 Å². The fourth-order valence-corrected chi connectivity index (χ4v) is 3.86. The van der Waals surface area contributed by atoms with Crippen LogP contribution in [0.4, 0.5) is 0 Å². The molecule has 1 fully saturated rings. The zero-order valence-electron chi connectivity index (χ0n) is 6.69. The number of hydrogen-bond donors (Lipinski definition) is 1. The van der Waals surface area contributed by atoms with Crippen LogP contribution < -0.4 is 5.09 Å². The standard InChI is InChI=1S/C5H11NO4PS/c1-10-11(7)6-5-3-2-4-12(5,8)9/h5H,2-4H2,1H3,(H,6,7)/q+1. The molecule has 0 amide bonds. The van der Waals surface area contributed by atoms with Gasteiger partial charge in [0, 0.05) is 0 Å². The quantitative estimate of drug-likeness (QED) is 0.686. The summed E-state index contributed by atoms with van der Waals surface area (Å²) in [5.74, 6) is 0.178. The third-order valence-electron chi connectivity index (χ3n) is 1.74. The van der Waals surface area contributed by atoms with E-state index >= 15 is 0 Å². The van der Waals surface area contributed by atoms with Crippen LogP contribution in [0.3, 0.4) is 0 Å². The van der Waals surface area contributed by atoms with Crippen LogP contribution in [0.5, 0.6) is 0 Å². The number of sulfone groups is 1. The molecular formula is C5H11NO4PS+. The van der Waals surface area contributed by atoms with E-state index < -0.39 is 23.4 Å². The van der Waals surface area contributed by atoms with Crippen LogP contribution in [0, 0.1) is 0 Å². The molecule has 7 heteroatoms. The second-order valence-electron chi connectivity index (χ2n) is 2.57. The number of nitrogens with one attached hydrogen (secondary N) is 1. The van der Waals surface area contributed by atoms with E-state index in [2.05, 4.69) is 9.61 Å². The molecule has 1 heterocycles. The summed E-state index contributed by atoms with van der Waals surface area (Å²) >= 11 is 0. The van der Waals surface area contributed by atoms with Gasteiger partial charge in [0.25, 0.3) is 0 Å². The topological polar surface area (TPSA) is 72.5 Å². The molecular weight excluding hydrogens is 201 g/mol. The van der Waals surface area contributed by atoms with Gasteiger partial charge in [-0.3, -0.25) is 0 Å². The summed E-state index contributed by atoms with van der Waals surface area (Å²) < 4.78 is 37.6. The summed E-state index contributed by atoms with van der Waals surface area (Å²) in [7, 11) is -3.82. The minimum Gasteiger partial charge on any atom is -0.227 e. The van der Waals surface area contributed by atoms with Gasteiger partial charge in [-0.1, -0.05) is 5.09 Å². The molecule has 2 unspecified atom stereocenters. The van der Waals surface area contributed by atoms with Crippen LogP contribution in [-0.2, 0) is 18.9 Å². The lowest BCUT2D eigenvalue weighted by molar-refractivity contribution is 0.401. The Morgan fingerprint density at radius 2 is 2.25 bits per heavy atom. The highest BCUT2D eigenvalue weighted by atomic mass is 32.2. The summed E-state index contributed by atoms with van der Waals surface area (Å²) in [5, 5.41) is 1.74. The van der Waals surface area contributed by atoms with E-state index in [1.54, 1.807) is 0 Å². The summed E-state index contributed by atoms with van der Waals surface area (Å²) in [4.78, 5) is 0. The van der Waals surface area contributed by atoms with Crippen LogP contribution >= 0.6 is 8.18 Å². The Hall–Kier alpha value is -0.0300. The molecule has 2 atom stereocenters. The van der Waals surface area contributed by atoms with Gasteiger partial charge < -0.3 is 0 Å². The Kier molecular flexibility index (Phi) is 3.17. The van der Waals surface area contributed by atoms with Crippen molar-refractivity contribution in [2.24, 2.45) is 0 Å². The van der Waals surface area contributed by atoms with Crippen molar-refractivity contribution in [2.75, 3.05) is 12.9 Å². The lowest BCUT2D eigenvalue weighted by Gasteiger charge is -2.00. The van der Waals surface area contributed by atoms with E-state index in [0.717, 1.165) is 0 Å². The number of hydrogen-bond acceptors (Lipinski definition) is 4. The van der Waals surface area contributed by atoms with E-state index in [-0.39, 0.29) is 5.75 Å². The van der Waals surface area contributed by atoms with E-state index in [4.69, 9.17) is 0 Å². The van der Waals surface area contributed by atoms with Crippen molar-refractivity contribution < 1.29 is 17.5 Å². The van der Waals surface area contributed by atoms with Gasteiger partial charge >= 0.3 is 8.18 Å². The molecule has 5 nitrogen and oxygen atoms in total. The van der Waals surface area contributed by atoms with E-state index in [9.17, 15) is 13.0 Å². The van der Waals surface area contributed by atoms with Crippen molar-refractivity contribution in [3.63, 3.8) is 0 Å². The first kappa shape index (κ1) is 10.1. The van der Waals surface area contributed by atoms with Gasteiger partial charge in [-0.25, -0.2) is 8.42 Å². The molecule has 0 aromatic heterocycles. The molecule has 1 aliphatic heterocycles. The first-order valence-corrected chi connectivity index (χ1v) is 6.44.